The summed E-state index contributed by atoms with van der Waals surface area (Å²) in [7, 11) is 0. The van der Waals surface area contributed by atoms with Gasteiger partial charge in [-0.2, -0.15) is 0 Å². The van der Waals surface area contributed by atoms with Crippen LogP contribution in [0.25, 0.3) is 0 Å². The van der Waals surface area contributed by atoms with Gasteiger partial charge in [-0.15, -0.1) is 0 Å². The summed E-state index contributed by atoms with van der Waals surface area (Å²) in [5.41, 5.74) is 2.33. The molecule has 3 N–H and O–H groups in total. The molecule has 0 unspecified atom stereocenters. The third-order valence-electron chi connectivity index (χ3n) is 3.61. The Morgan fingerprint density at radius 2 is 1.48 bits per heavy atom. The highest BCUT2D eigenvalue weighted by atomic mass is 19.1. The maximum absolute atomic E-state index is 13.7. The van der Waals surface area contributed by atoms with Crippen LogP contribution in [0, 0.1) is 5.82 Å². The van der Waals surface area contributed by atoms with Gasteiger partial charge in [-0.25, -0.2) is 9.37 Å². The lowest BCUT2D eigenvalue weighted by molar-refractivity contribution is -0.114. The molecule has 3 aromatic rings. The highest BCUT2D eigenvalue weighted by Crippen LogP contribution is 2.19. The van der Waals surface area contributed by atoms with Crippen molar-refractivity contribution in [2.75, 3.05) is 16.0 Å². The Kier molecular flexibility index (Phi) is 5.41. The molecule has 0 atom stereocenters. The van der Waals surface area contributed by atoms with Gasteiger partial charge in [0.05, 0.1) is 17.6 Å². The Bertz CT molecular complexity index is 956. The molecule has 0 fully saturated rings. The molecule has 2 amide bonds. The van der Waals surface area contributed by atoms with Crippen LogP contribution >= 0.6 is 0 Å². The molecule has 0 aliphatic carbocycles. The van der Waals surface area contributed by atoms with Gasteiger partial charge in [0, 0.05) is 18.3 Å². The predicted octanol–water partition coefficient (Wildman–Crippen LogP) is 4.18. The predicted molar refractivity (Wildman–Crippen MR) is 103 cm³/mol. The number of carbonyl (C=O) groups excluding carboxylic acids is 2. The van der Waals surface area contributed by atoms with Gasteiger partial charge >= 0.3 is 0 Å². The maximum atomic E-state index is 13.7. The van der Waals surface area contributed by atoms with Crippen molar-refractivity contribution >= 4 is 34.6 Å². The molecule has 1 aromatic heterocycles. The Balaban J connectivity index is 1.63. The van der Waals surface area contributed by atoms with E-state index in [0.717, 1.165) is 0 Å². The van der Waals surface area contributed by atoms with E-state index in [-0.39, 0.29) is 23.3 Å². The minimum Gasteiger partial charge on any atom is -0.352 e. The molecule has 7 heteroatoms. The number of amides is 2. The third kappa shape index (κ3) is 4.88. The zero-order chi connectivity index (χ0) is 19.2. The molecule has 0 spiro atoms. The second kappa shape index (κ2) is 8.09. The number of pyridine rings is 1. The number of nitrogens with one attached hydrogen (secondary N) is 3. The molecular weight excluding hydrogens is 347 g/mol. The zero-order valence-corrected chi connectivity index (χ0v) is 14.5. The summed E-state index contributed by atoms with van der Waals surface area (Å²) in [6.07, 6.45) is 1.46. The van der Waals surface area contributed by atoms with Crippen LogP contribution in [0.3, 0.4) is 0 Å². The molecule has 0 bridgehead atoms. The Hall–Kier alpha value is -3.74. The molecule has 1 heterocycles. The number of halogens is 1. The highest BCUT2D eigenvalue weighted by Gasteiger charge is 2.09. The topological polar surface area (TPSA) is 83.1 Å². The van der Waals surface area contributed by atoms with E-state index in [0.29, 0.717) is 22.7 Å². The summed E-state index contributed by atoms with van der Waals surface area (Å²) >= 11 is 0. The van der Waals surface area contributed by atoms with Gasteiger partial charge in [-0.3, -0.25) is 9.59 Å². The second-order valence-electron chi connectivity index (χ2n) is 5.75. The first-order valence-corrected chi connectivity index (χ1v) is 8.18. The van der Waals surface area contributed by atoms with Crippen molar-refractivity contribution in [3.63, 3.8) is 0 Å². The van der Waals surface area contributed by atoms with E-state index in [9.17, 15) is 14.0 Å². The number of aromatic nitrogens is 1. The molecule has 0 radical (unpaired) electrons. The first kappa shape index (κ1) is 18.1. The van der Waals surface area contributed by atoms with Gasteiger partial charge in [0.25, 0.3) is 5.91 Å². The molecule has 27 heavy (non-hydrogen) atoms. The van der Waals surface area contributed by atoms with Gasteiger partial charge in [0.2, 0.25) is 5.91 Å². The van der Waals surface area contributed by atoms with Gasteiger partial charge in [-0.05, 0) is 48.5 Å². The van der Waals surface area contributed by atoms with Crippen molar-refractivity contribution in [3.05, 3.63) is 78.4 Å². The minimum atomic E-state index is -0.375. The molecule has 3 rings (SSSR count). The Morgan fingerprint density at radius 1 is 0.852 bits per heavy atom. The van der Waals surface area contributed by atoms with Crippen molar-refractivity contribution in [3.8, 4) is 0 Å². The lowest BCUT2D eigenvalue weighted by Gasteiger charge is -2.09. The van der Waals surface area contributed by atoms with Gasteiger partial charge in [0.1, 0.15) is 11.5 Å². The van der Waals surface area contributed by atoms with Crippen molar-refractivity contribution in [2.24, 2.45) is 0 Å². The summed E-state index contributed by atoms with van der Waals surface area (Å²) in [5.74, 6) is -0.915. The minimum absolute atomic E-state index is 0.167. The molecule has 2 aromatic carbocycles. The number of carbonyl (C=O) groups is 2. The van der Waals surface area contributed by atoms with Crippen molar-refractivity contribution < 1.29 is 14.0 Å². The molecule has 0 aliphatic heterocycles. The monoisotopic (exact) mass is 364 g/mol. The first-order valence-electron chi connectivity index (χ1n) is 8.18. The van der Waals surface area contributed by atoms with E-state index < -0.39 is 0 Å². The fourth-order valence-corrected chi connectivity index (χ4v) is 2.36. The van der Waals surface area contributed by atoms with E-state index >= 15 is 0 Å². The third-order valence-corrected chi connectivity index (χ3v) is 3.61. The van der Waals surface area contributed by atoms with Crippen LogP contribution in [0.2, 0.25) is 0 Å². The molecule has 0 saturated heterocycles. The summed E-state index contributed by atoms with van der Waals surface area (Å²) in [6, 6.07) is 16.2. The summed E-state index contributed by atoms with van der Waals surface area (Å²) in [4.78, 5) is 27.4. The summed E-state index contributed by atoms with van der Waals surface area (Å²) < 4.78 is 13.7. The number of benzene rings is 2. The summed E-state index contributed by atoms with van der Waals surface area (Å²) in [5, 5.41) is 8.28. The Labute approximate surface area is 155 Å². The van der Waals surface area contributed by atoms with Crippen LogP contribution in [0.1, 0.15) is 17.4 Å². The zero-order valence-electron chi connectivity index (χ0n) is 14.5. The van der Waals surface area contributed by atoms with Crippen LogP contribution in [0.4, 0.5) is 27.1 Å². The highest BCUT2D eigenvalue weighted by molar-refractivity contribution is 6.03. The Morgan fingerprint density at radius 3 is 2.07 bits per heavy atom. The van der Waals surface area contributed by atoms with E-state index in [4.69, 9.17) is 0 Å². The van der Waals surface area contributed by atoms with Crippen LogP contribution in [-0.4, -0.2) is 16.8 Å². The smallest absolute Gasteiger partial charge is 0.274 e. The molecule has 0 aliphatic rings. The average Bonchev–Trinajstić information content (AvgIpc) is 2.65. The normalized spacial score (nSPS) is 10.1. The van der Waals surface area contributed by atoms with Gasteiger partial charge in [-0.1, -0.05) is 12.1 Å². The van der Waals surface area contributed by atoms with E-state index in [2.05, 4.69) is 20.9 Å². The van der Waals surface area contributed by atoms with Gasteiger partial charge < -0.3 is 16.0 Å². The first-order chi connectivity index (χ1) is 13.0. The molecular formula is C20H17FN4O2. The van der Waals surface area contributed by atoms with Crippen molar-refractivity contribution in [1.29, 1.82) is 0 Å². The van der Waals surface area contributed by atoms with Crippen LogP contribution in [-0.2, 0) is 4.79 Å². The fourth-order valence-electron chi connectivity index (χ4n) is 2.36. The van der Waals surface area contributed by atoms with Gasteiger partial charge in [0.15, 0.2) is 0 Å². The van der Waals surface area contributed by atoms with Crippen LogP contribution < -0.4 is 16.0 Å². The number of hydrogen-bond donors (Lipinski definition) is 3. The standard InChI is InChI=1S/C20H17FN4O2/c1-13(26)23-14-6-8-15(9-7-14)25-20(27)19-11-10-16(12-22-19)24-18-5-3-2-4-17(18)21/h2-12,24H,1H3,(H,23,26)(H,25,27). The van der Waals surface area contributed by atoms with Crippen molar-refractivity contribution in [1.82, 2.24) is 4.98 Å². The second-order valence-corrected chi connectivity index (χ2v) is 5.75. The molecule has 6 nitrogen and oxygen atoms in total. The van der Waals surface area contributed by atoms with Crippen LogP contribution in [0.15, 0.2) is 66.9 Å². The summed E-state index contributed by atoms with van der Waals surface area (Å²) in [6.45, 7) is 1.42. The lowest BCUT2D eigenvalue weighted by Crippen LogP contribution is -2.13. The van der Waals surface area contributed by atoms with E-state index in [1.807, 2.05) is 0 Å². The van der Waals surface area contributed by atoms with E-state index in [1.165, 1.54) is 19.2 Å². The number of nitrogens with zero attached hydrogens (tertiary/aromatic N) is 1. The van der Waals surface area contributed by atoms with Crippen LogP contribution in [0.5, 0.6) is 0 Å². The van der Waals surface area contributed by atoms with E-state index in [1.54, 1.807) is 54.6 Å². The fraction of sp³-hybridized carbons (Fsp3) is 0.0500. The largest absolute Gasteiger partial charge is 0.352 e. The quantitative estimate of drug-likeness (QED) is 0.634. The maximum Gasteiger partial charge on any atom is 0.274 e. The van der Waals surface area contributed by atoms with Crippen molar-refractivity contribution in [2.45, 2.75) is 6.92 Å². The number of hydrogen-bond acceptors (Lipinski definition) is 4. The molecule has 136 valence electrons. The average molecular weight is 364 g/mol. The number of para-hydroxylation sites is 1. The number of rotatable bonds is 5. The number of anilines is 4. The lowest BCUT2D eigenvalue weighted by atomic mass is 10.2. The SMILES string of the molecule is CC(=O)Nc1ccc(NC(=O)c2ccc(Nc3ccccc3F)cn2)cc1. The molecule has 0 saturated carbocycles.